The van der Waals surface area contributed by atoms with E-state index in [2.05, 4.69) is 38.9 Å². The summed E-state index contributed by atoms with van der Waals surface area (Å²) in [7, 11) is 0. The number of phenolic OH excluding ortho intramolecular Hbond substituents is 1. The number of phenols is 1. The maximum atomic E-state index is 12.7. The second-order valence-corrected chi connectivity index (χ2v) is 12.2. The fourth-order valence-electron chi connectivity index (χ4n) is 5.86. The number of hydrazine groups is 1. The third kappa shape index (κ3) is 8.54. The average molecular weight is 725 g/mol. The molecule has 7 rings (SSSR count). The number of H-pyrrole nitrogens is 2. The number of nitrogens with zero attached hydrogens (tertiary/aromatic N) is 5. The number of benzene rings is 4. The SMILES string of the molecule is CCN(CC)c1ccc(-c2nc(-c3ccc(C4=NOC(C(=O)O)C4)cc3)c(-c3ccc(C=CC(=O)N(N)c4ccccc4)cc3)[nH]2)c(O)c1.c1c[nH]cn1. The van der Waals surface area contributed by atoms with Crippen molar-refractivity contribution in [2.24, 2.45) is 11.0 Å². The summed E-state index contributed by atoms with van der Waals surface area (Å²) in [6.45, 7) is 5.76. The first-order valence-electron chi connectivity index (χ1n) is 17.3. The molecule has 0 saturated carbocycles. The molecular weight excluding hydrogens is 685 g/mol. The number of carboxylic acid groups (broad SMARTS) is 1. The van der Waals surface area contributed by atoms with Gasteiger partial charge < -0.3 is 29.9 Å². The van der Waals surface area contributed by atoms with Gasteiger partial charge in [-0.25, -0.2) is 25.6 Å². The number of nitrogens with one attached hydrogen (secondary N) is 2. The largest absolute Gasteiger partial charge is 0.507 e. The van der Waals surface area contributed by atoms with Crippen LogP contribution in [-0.2, 0) is 14.4 Å². The molecular formula is C41H40N8O5. The van der Waals surface area contributed by atoms with Crippen LogP contribution in [0.2, 0.25) is 0 Å². The number of aliphatic carboxylic acids is 1. The molecule has 0 aliphatic carbocycles. The molecule has 1 unspecified atom stereocenters. The first-order valence-corrected chi connectivity index (χ1v) is 17.3. The van der Waals surface area contributed by atoms with E-state index in [0.29, 0.717) is 28.5 Å². The van der Waals surface area contributed by atoms with Gasteiger partial charge in [-0.1, -0.05) is 71.9 Å². The highest BCUT2D eigenvalue weighted by Gasteiger charge is 2.28. The average Bonchev–Trinajstić information content (AvgIpc) is 4.02. The minimum atomic E-state index is -1.06. The number of hydrogen-bond acceptors (Lipinski definition) is 9. The van der Waals surface area contributed by atoms with Crippen LogP contribution in [0.3, 0.4) is 0 Å². The number of carbonyl (C=O) groups is 2. The lowest BCUT2D eigenvalue weighted by atomic mass is 10.00. The highest BCUT2D eigenvalue weighted by molar-refractivity contribution is 6.04. The van der Waals surface area contributed by atoms with Crippen molar-refractivity contribution in [3.8, 4) is 39.7 Å². The Hall–Kier alpha value is -6.99. The van der Waals surface area contributed by atoms with Gasteiger partial charge in [0.1, 0.15) is 11.6 Å². The first-order chi connectivity index (χ1) is 26.2. The Morgan fingerprint density at radius 1 is 0.926 bits per heavy atom. The fraction of sp³-hybridized carbons (Fsp3) is 0.146. The van der Waals surface area contributed by atoms with E-state index >= 15 is 0 Å². The Morgan fingerprint density at radius 2 is 1.63 bits per heavy atom. The lowest BCUT2D eigenvalue weighted by Gasteiger charge is -2.21. The molecule has 0 bridgehead atoms. The van der Waals surface area contributed by atoms with Crippen LogP contribution in [0.25, 0.3) is 40.0 Å². The van der Waals surface area contributed by atoms with Crippen molar-refractivity contribution in [2.75, 3.05) is 23.0 Å². The lowest BCUT2D eigenvalue weighted by Crippen LogP contribution is -2.35. The molecule has 6 aromatic rings. The molecule has 3 heterocycles. The van der Waals surface area contributed by atoms with E-state index < -0.39 is 12.1 Å². The number of hydrogen-bond donors (Lipinski definition) is 5. The van der Waals surface area contributed by atoms with Crippen LogP contribution in [0.5, 0.6) is 5.75 Å². The van der Waals surface area contributed by atoms with Crippen molar-refractivity contribution in [2.45, 2.75) is 26.4 Å². The second kappa shape index (κ2) is 17.0. The number of para-hydroxylation sites is 1. The Kier molecular flexibility index (Phi) is 11.6. The molecule has 2 aromatic heterocycles. The van der Waals surface area contributed by atoms with E-state index in [4.69, 9.17) is 15.7 Å². The zero-order valence-electron chi connectivity index (χ0n) is 29.8. The molecule has 274 valence electrons. The van der Waals surface area contributed by atoms with E-state index in [1.165, 1.54) is 6.08 Å². The fourth-order valence-corrected chi connectivity index (χ4v) is 5.86. The van der Waals surface area contributed by atoms with Crippen LogP contribution in [0.15, 0.2) is 127 Å². The summed E-state index contributed by atoms with van der Waals surface area (Å²) in [5, 5.41) is 25.4. The summed E-state index contributed by atoms with van der Waals surface area (Å²) < 4.78 is 0. The number of amides is 1. The number of carbonyl (C=O) groups excluding carboxylic acids is 1. The van der Waals surface area contributed by atoms with Gasteiger partial charge in [-0.2, -0.15) is 0 Å². The molecule has 4 aromatic carbocycles. The minimum absolute atomic E-state index is 0.105. The van der Waals surface area contributed by atoms with Gasteiger partial charge in [0.15, 0.2) is 0 Å². The van der Waals surface area contributed by atoms with Crippen molar-refractivity contribution >= 4 is 35.0 Å². The van der Waals surface area contributed by atoms with Crippen LogP contribution in [0, 0.1) is 0 Å². The van der Waals surface area contributed by atoms with Gasteiger partial charge in [-0.3, -0.25) is 4.79 Å². The van der Waals surface area contributed by atoms with Crippen molar-refractivity contribution in [1.82, 2.24) is 19.9 Å². The Labute approximate surface area is 312 Å². The topological polar surface area (TPSA) is 186 Å². The van der Waals surface area contributed by atoms with Gasteiger partial charge in [0.25, 0.3) is 5.91 Å². The third-order valence-corrected chi connectivity index (χ3v) is 8.80. The first kappa shape index (κ1) is 36.8. The number of nitrogens with two attached hydrogens (primary N) is 1. The lowest BCUT2D eigenvalue weighted by molar-refractivity contribution is -0.148. The summed E-state index contributed by atoms with van der Waals surface area (Å²) in [5.74, 6) is 5.18. The molecule has 54 heavy (non-hydrogen) atoms. The summed E-state index contributed by atoms with van der Waals surface area (Å²) in [6, 6.07) is 29.7. The van der Waals surface area contributed by atoms with Crippen LogP contribution in [-0.4, -0.2) is 66.9 Å². The molecule has 13 nitrogen and oxygen atoms in total. The van der Waals surface area contributed by atoms with Gasteiger partial charge in [0.05, 0.1) is 34.7 Å². The van der Waals surface area contributed by atoms with Gasteiger partial charge in [-0.05, 0) is 55.3 Å². The molecule has 6 N–H and O–H groups in total. The summed E-state index contributed by atoms with van der Waals surface area (Å²) in [5.41, 5.74) is 7.19. The van der Waals surface area contributed by atoms with E-state index in [-0.39, 0.29) is 18.1 Å². The Balaban J connectivity index is 0.000000919. The monoisotopic (exact) mass is 724 g/mol. The van der Waals surface area contributed by atoms with Crippen molar-refractivity contribution in [3.63, 3.8) is 0 Å². The van der Waals surface area contributed by atoms with Gasteiger partial charge in [0.2, 0.25) is 6.10 Å². The highest BCUT2D eigenvalue weighted by atomic mass is 16.7. The van der Waals surface area contributed by atoms with Crippen LogP contribution in [0.1, 0.15) is 31.4 Å². The van der Waals surface area contributed by atoms with Crippen LogP contribution in [0.4, 0.5) is 11.4 Å². The molecule has 1 aliphatic rings. The third-order valence-electron chi connectivity index (χ3n) is 8.80. The van der Waals surface area contributed by atoms with E-state index in [1.807, 2.05) is 78.9 Å². The zero-order valence-corrected chi connectivity index (χ0v) is 29.8. The van der Waals surface area contributed by atoms with E-state index in [0.717, 1.165) is 51.7 Å². The molecule has 0 radical (unpaired) electrons. The van der Waals surface area contributed by atoms with E-state index in [9.17, 15) is 19.8 Å². The van der Waals surface area contributed by atoms with Crippen LogP contribution < -0.4 is 15.8 Å². The van der Waals surface area contributed by atoms with Gasteiger partial charge >= 0.3 is 5.97 Å². The maximum absolute atomic E-state index is 12.7. The number of oxime groups is 1. The predicted octanol–water partition coefficient (Wildman–Crippen LogP) is 6.87. The maximum Gasteiger partial charge on any atom is 0.348 e. The number of carboxylic acids is 1. The highest BCUT2D eigenvalue weighted by Crippen LogP contribution is 2.37. The van der Waals surface area contributed by atoms with Crippen molar-refractivity contribution < 1.29 is 24.6 Å². The smallest absolute Gasteiger partial charge is 0.348 e. The molecule has 0 saturated heterocycles. The molecule has 13 heteroatoms. The second-order valence-electron chi connectivity index (χ2n) is 12.2. The molecule has 1 aliphatic heterocycles. The number of anilines is 2. The molecule has 1 amide bonds. The Bertz CT molecular complexity index is 2210. The normalized spacial score (nSPS) is 13.5. The quantitative estimate of drug-likeness (QED) is 0.0412. The number of imidazole rings is 2. The standard InChI is InChI=1S/C38H36N6O5.C3H4N2/c1-3-43(4-2)29-19-20-30(32(45)22-29)37-40-35(36(41-37)27-17-15-25(16-18-27)31-23-33(38(47)48)49-42-31)26-13-10-24(11-14-26)12-21-34(46)44(39)28-8-6-5-7-9-28;1-2-5-3-4-1/h5-22,33,45H,3-4,23,39H2,1-2H3,(H,40,41)(H,47,48);1-3H,(H,4,5). The number of rotatable bonds is 11. The Morgan fingerprint density at radius 3 is 2.22 bits per heavy atom. The minimum Gasteiger partial charge on any atom is -0.507 e. The molecule has 0 fully saturated rings. The summed E-state index contributed by atoms with van der Waals surface area (Å²) in [6.07, 6.45) is 7.39. The summed E-state index contributed by atoms with van der Waals surface area (Å²) >= 11 is 0. The van der Waals surface area contributed by atoms with Gasteiger partial charge in [0, 0.05) is 60.9 Å². The number of aromatic hydroxyl groups is 1. The number of aromatic nitrogens is 4. The number of aromatic amines is 2. The van der Waals surface area contributed by atoms with Crippen LogP contribution >= 0.6 is 0 Å². The van der Waals surface area contributed by atoms with Crippen molar-refractivity contribution in [1.29, 1.82) is 0 Å². The van der Waals surface area contributed by atoms with E-state index in [1.54, 1.807) is 43.0 Å². The summed E-state index contributed by atoms with van der Waals surface area (Å²) in [4.78, 5) is 46.0. The zero-order chi connectivity index (χ0) is 38.0. The van der Waals surface area contributed by atoms with Gasteiger partial charge in [-0.15, -0.1) is 0 Å². The van der Waals surface area contributed by atoms with Crippen molar-refractivity contribution in [3.05, 3.63) is 133 Å². The molecule has 1 atom stereocenters. The molecule has 0 spiro atoms. The predicted molar refractivity (Wildman–Crippen MR) is 210 cm³/mol.